The lowest BCUT2D eigenvalue weighted by molar-refractivity contribution is -0.127. The van der Waals surface area contributed by atoms with Crippen molar-refractivity contribution in [2.45, 2.75) is 66.4 Å². The first-order valence-corrected chi connectivity index (χ1v) is 8.69. The van der Waals surface area contributed by atoms with E-state index in [1.165, 1.54) is 12.8 Å². The molecular weight excluding hydrogens is 290 g/mol. The molecule has 0 aliphatic carbocycles. The van der Waals surface area contributed by atoms with E-state index >= 15 is 0 Å². The number of aryl methyl sites for hydroxylation is 2. The molecule has 23 heavy (non-hydrogen) atoms. The second-order valence-electron chi connectivity index (χ2n) is 5.83. The first kappa shape index (κ1) is 19.5. The Labute approximate surface area is 140 Å². The van der Waals surface area contributed by atoms with Gasteiger partial charge in [0.25, 0.3) is 5.91 Å². The summed E-state index contributed by atoms with van der Waals surface area (Å²) < 4.78 is 11.3. The van der Waals surface area contributed by atoms with Crippen molar-refractivity contribution < 1.29 is 14.3 Å². The van der Waals surface area contributed by atoms with E-state index in [4.69, 9.17) is 9.47 Å². The quantitative estimate of drug-likeness (QED) is 0.639. The molecule has 0 radical (unpaired) electrons. The maximum atomic E-state index is 12.3. The summed E-state index contributed by atoms with van der Waals surface area (Å²) in [7, 11) is 0. The Morgan fingerprint density at radius 1 is 1.13 bits per heavy atom. The third-order valence-corrected chi connectivity index (χ3v) is 3.80. The number of hydrogen-bond donors (Lipinski definition) is 1. The lowest BCUT2D eigenvalue weighted by atomic mass is 10.1. The van der Waals surface area contributed by atoms with Crippen LogP contribution in [0.15, 0.2) is 12.1 Å². The van der Waals surface area contributed by atoms with Crippen LogP contribution in [-0.2, 0) is 9.53 Å². The zero-order chi connectivity index (χ0) is 17.2. The normalized spacial score (nSPS) is 12.0. The largest absolute Gasteiger partial charge is 0.494 e. The molecule has 4 nitrogen and oxygen atoms in total. The van der Waals surface area contributed by atoms with Gasteiger partial charge in [-0.05, 0) is 56.9 Å². The molecule has 0 aromatic heterocycles. The molecule has 1 amide bonds. The highest BCUT2D eigenvalue weighted by atomic mass is 16.5. The highest BCUT2D eigenvalue weighted by molar-refractivity contribution is 5.95. The average molecular weight is 321 g/mol. The number of anilines is 1. The van der Waals surface area contributed by atoms with Gasteiger partial charge in [-0.15, -0.1) is 0 Å². The molecule has 0 aliphatic heterocycles. The Hall–Kier alpha value is -1.55. The number of unbranched alkanes of at least 4 members (excludes halogenated alkanes) is 2. The molecule has 1 rings (SSSR count). The molecule has 1 atom stereocenters. The van der Waals surface area contributed by atoms with E-state index in [9.17, 15) is 4.79 Å². The molecular formula is C19H31NO3. The Morgan fingerprint density at radius 3 is 2.30 bits per heavy atom. The SMILES string of the molecule is CCCCCOc1cc(C)c(NC(=O)C(CC)OCC)c(C)c1. The van der Waals surface area contributed by atoms with Gasteiger partial charge in [-0.1, -0.05) is 26.7 Å². The topological polar surface area (TPSA) is 47.6 Å². The van der Waals surface area contributed by atoms with E-state index in [-0.39, 0.29) is 5.91 Å². The van der Waals surface area contributed by atoms with Crippen molar-refractivity contribution in [1.82, 2.24) is 0 Å². The summed E-state index contributed by atoms with van der Waals surface area (Å²) in [6.45, 7) is 11.3. The number of ether oxygens (including phenoxy) is 2. The summed E-state index contributed by atoms with van der Waals surface area (Å²) in [5.74, 6) is 0.781. The predicted octanol–water partition coefficient (Wildman–Crippen LogP) is 4.63. The highest BCUT2D eigenvalue weighted by Crippen LogP contribution is 2.27. The van der Waals surface area contributed by atoms with Gasteiger partial charge in [-0.25, -0.2) is 0 Å². The van der Waals surface area contributed by atoms with Gasteiger partial charge >= 0.3 is 0 Å². The van der Waals surface area contributed by atoms with Crippen LogP contribution in [0, 0.1) is 13.8 Å². The summed E-state index contributed by atoms with van der Waals surface area (Å²) in [5, 5.41) is 3.00. The van der Waals surface area contributed by atoms with Crippen LogP contribution in [-0.4, -0.2) is 25.2 Å². The van der Waals surface area contributed by atoms with E-state index < -0.39 is 6.10 Å². The van der Waals surface area contributed by atoms with Crippen LogP contribution < -0.4 is 10.1 Å². The fraction of sp³-hybridized carbons (Fsp3) is 0.632. The lowest BCUT2D eigenvalue weighted by Gasteiger charge is -2.18. The van der Waals surface area contributed by atoms with Gasteiger partial charge in [0, 0.05) is 12.3 Å². The monoisotopic (exact) mass is 321 g/mol. The summed E-state index contributed by atoms with van der Waals surface area (Å²) in [6, 6.07) is 3.96. The Bertz CT molecular complexity index is 476. The van der Waals surface area contributed by atoms with Crippen LogP contribution in [0.1, 0.15) is 57.6 Å². The standard InChI is InChI=1S/C19H31NO3/c1-6-9-10-11-23-16-12-14(4)18(15(5)13-16)20-19(21)17(7-2)22-8-3/h12-13,17H,6-11H2,1-5H3,(H,20,21). The third kappa shape index (κ3) is 6.22. The number of carbonyl (C=O) groups excluding carboxylic acids is 1. The molecule has 1 N–H and O–H groups in total. The predicted molar refractivity (Wildman–Crippen MR) is 95.3 cm³/mol. The molecule has 0 saturated carbocycles. The molecule has 1 unspecified atom stereocenters. The second-order valence-corrected chi connectivity index (χ2v) is 5.83. The molecule has 0 spiro atoms. The average Bonchev–Trinajstić information content (AvgIpc) is 2.52. The minimum Gasteiger partial charge on any atom is -0.494 e. The van der Waals surface area contributed by atoms with Gasteiger partial charge in [0.05, 0.1) is 6.61 Å². The van der Waals surface area contributed by atoms with Crippen molar-refractivity contribution >= 4 is 11.6 Å². The Morgan fingerprint density at radius 2 is 1.78 bits per heavy atom. The van der Waals surface area contributed by atoms with E-state index in [2.05, 4.69) is 12.2 Å². The van der Waals surface area contributed by atoms with Crippen LogP contribution in [0.2, 0.25) is 0 Å². The smallest absolute Gasteiger partial charge is 0.253 e. The van der Waals surface area contributed by atoms with Crippen LogP contribution in [0.25, 0.3) is 0 Å². The van der Waals surface area contributed by atoms with Gasteiger partial charge in [0.1, 0.15) is 11.9 Å². The molecule has 0 heterocycles. The van der Waals surface area contributed by atoms with Gasteiger partial charge in [-0.2, -0.15) is 0 Å². The van der Waals surface area contributed by atoms with Gasteiger partial charge in [0.15, 0.2) is 0 Å². The van der Waals surface area contributed by atoms with Crippen LogP contribution >= 0.6 is 0 Å². The number of nitrogens with one attached hydrogen (secondary N) is 1. The fourth-order valence-electron chi connectivity index (χ4n) is 2.53. The Kier molecular flexibility index (Phi) is 8.70. The van der Waals surface area contributed by atoms with Gasteiger partial charge < -0.3 is 14.8 Å². The van der Waals surface area contributed by atoms with Crippen molar-refractivity contribution in [3.05, 3.63) is 23.3 Å². The third-order valence-electron chi connectivity index (χ3n) is 3.80. The van der Waals surface area contributed by atoms with Crippen molar-refractivity contribution in [1.29, 1.82) is 0 Å². The zero-order valence-corrected chi connectivity index (χ0v) is 15.2. The molecule has 0 aliphatic rings. The van der Waals surface area contributed by atoms with Crippen molar-refractivity contribution in [2.75, 3.05) is 18.5 Å². The summed E-state index contributed by atoms with van der Waals surface area (Å²) >= 11 is 0. The summed E-state index contributed by atoms with van der Waals surface area (Å²) in [5.41, 5.74) is 2.87. The summed E-state index contributed by atoms with van der Waals surface area (Å²) in [6.07, 6.45) is 3.70. The minimum atomic E-state index is -0.399. The van der Waals surface area contributed by atoms with Gasteiger partial charge in [0.2, 0.25) is 0 Å². The van der Waals surface area contributed by atoms with E-state index in [1.807, 2.05) is 39.8 Å². The van der Waals surface area contributed by atoms with Crippen LogP contribution in [0.5, 0.6) is 5.75 Å². The fourth-order valence-corrected chi connectivity index (χ4v) is 2.53. The lowest BCUT2D eigenvalue weighted by Crippen LogP contribution is -2.30. The van der Waals surface area contributed by atoms with Crippen molar-refractivity contribution in [2.24, 2.45) is 0 Å². The molecule has 1 aromatic carbocycles. The van der Waals surface area contributed by atoms with Crippen molar-refractivity contribution in [3.8, 4) is 5.75 Å². The minimum absolute atomic E-state index is 0.0860. The molecule has 1 aromatic rings. The Balaban J connectivity index is 2.75. The summed E-state index contributed by atoms with van der Waals surface area (Å²) in [4.78, 5) is 12.3. The molecule has 0 saturated heterocycles. The molecule has 130 valence electrons. The highest BCUT2D eigenvalue weighted by Gasteiger charge is 2.18. The van der Waals surface area contributed by atoms with Crippen molar-refractivity contribution in [3.63, 3.8) is 0 Å². The number of benzene rings is 1. The second kappa shape index (κ2) is 10.3. The number of amides is 1. The van der Waals surface area contributed by atoms with E-state index in [1.54, 1.807) is 0 Å². The van der Waals surface area contributed by atoms with Crippen LogP contribution in [0.3, 0.4) is 0 Å². The first-order chi connectivity index (χ1) is 11.0. The molecule has 0 bridgehead atoms. The molecule has 0 fully saturated rings. The number of rotatable bonds is 10. The number of hydrogen-bond acceptors (Lipinski definition) is 3. The first-order valence-electron chi connectivity index (χ1n) is 8.69. The number of carbonyl (C=O) groups is 1. The van der Waals surface area contributed by atoms with Gasteiger partial charge in [-0.3, -0.25) is 4.79 Å². The van der Waals surface area contributed by atoms with E-state index in [0.29, 0.717) is 13.0 Å². The zero-order valence-electron chi connectivity index (χ0n) is 15.2. The van der Waals surface area contributed by atoms with Crippen LogP contribution in [0.4, 0.5) is 5.69 Å². The van der Waals surface area contributed by atoms with E-state index in [0.717, 1.165) is 35.6 Å². The molecule has 4 heteroatoms. The maximum absolute atomic E-state index is 12.3. The maximum Gasteiger partial charge on any atom is 0.253 e.